The Morgan fingerprint density at radius 2 is 1.81 bits per heavy atom. The first kappa shape index (κ1) is 18.8. The van der Waals surface area contributed by atoms with Crippen LogP contribution in [0.2, 0.25) is 5.02 Å². The van der Waals surface area contributed by atoms with Crippen LogP contribution in [0, 0.1) is 17.6 Å². The van der Waals surface area contributed by atoms with Crippen LogP contribution < -0.4 is 5.32 Å². The SMILES string of the molecule is O=C(NCc1ccc(F)cc1)C1CCN(Cc2c(F)cccc2Cl)CC1. The first-order chi connectivity index (χ1) is 12.5. The van der Waals surface area contributed by atoms with Gasteiger partial charge in [0.15, 0.2) is 0 Å². The van der Waals surface area contributed by atoms with Gasteiger partial charge in [-0.1, -0.05) is 29.8 Å². The van der Waals surface area contributed by atoms with Crippen molar-refractivity contribution in [1.29, 1.82) is 0 Å². The Hall–Kier alpha value is -1.98. The Kier molecular flexibility index (Phi) is 6.22. The molecule has 3 rings (SSSR count). The summed E-state index contributed by atoms with van der Waals surface area (Å²) in [6, 6.07) is 10.8. The summed E-state index contributed by atoms with van der Waals surface area (Å²) in [6.45, 7) is 2.29. The van der Waals surface area contributed by atoms with Crippen LogP contribution in [-0.4, -0.2) is 23.9 Å². The number of carbonyl (C=O) groups excluding carboxylic acids is 1. The molecule has 2 aromatic carbocycles. The zero-order chi connectivity index (χ0) is 18.5. The molecule has 0 atom stereocenters. The highest BCUT2D eigenvalue weighted by Crippen LogP contribution is 2.24. The molecule has 1 aliphatic rings. The van der Waals surface area contributed by atoms with E-state index in [1.807, 2.05) is 0 Å². The average molecular weight is 379 g/mol. The number of nitrogens with one attached hydrogen (secondary N) is 1. The van der Waals surface area contributed by atoms with Crippen molar-refractivity contribution in [3.05, 3.63) is 70.2 Å². The van der Waals surface area contributed by atoms with E-state index in [0.717, 1.165) is 31.5 Å². The predicted octanol–water partition coefficient (Wildman–Crippen LogP) is 4.15. The number of hydrogen-bond acceptors (Lipinski definition) is 2. The molecule has 2 aromatic rings. The van der Waals surface area contributed by atoms with E-state index in [0.29, 0.717) is 23.7 Å². The summed E-state index contributed by atoms with van der Waals surface area (Å²) in [6.07, 6.45) is 1.45. The van der Waals surface area contributed by atoms with Gasteiger partial charge >= 0.3 is 0 Å². The van der Waals surface area contributed by atoms with E-state index in [4.69, 9.17) is 11.6 Å². The van der Waals surface area contributed by atoms with Crippen molar-refractivity contribution in [2.24, 2.45) is 5.92 Å². The number of amides is 1. The summed E-state index contributed by atoms with van der Waals surface area (Å²) < 4.78 is 26.8. The number of piperidine rings is 1. The minimum Gasteiger partial charge on any atom is -0.352 e. The monoisotopic (exact) mass is 378 g/mol. The third kappa shape index (κ3) is 4.80. The molecule has 0 aliphatic carbocycles. The van der Waals surface area contributed by atoms with Crippen molar-refractivity contribution in [2.45, 2.75) is 25.9 Å². The Morgan fingerprint density at radius 3 is 2.46 bits per heavy atom. The summed E-state index contributed by atoms with van der Waals surface area (Å²) >= 11 is 6.08. The van der Waals surface area contributed by atoms with Crippen LogP contribution in [0.25, 0.3) is 0 Å². The van der Waals surface area contributed by atoms with Crippen molar-refractivity contribution in [3.63, 3.8) is 0 Å². The fourth-order valence-corrected chi connectivity index (χ4v) is 3.42. The summed E-state index contributed by atoms with van der Waals surface area (Å²) in [5, 5.41) is 3.34. The second-order valence-corrected chi connectivity index (χ2v) is 7.00. The molecule has 0 saturated carbocycles. The minimum absolute atomic E-state index is 0.0119. The number of rotatable bonds is 5. The largest absolute Gasteiger partial charge is 0.352 e. The van der Waals surface area contributed by atoms with Crippen molar-refractivity contribution >= 4 is 17.5 Å². The normalized spacial score (nSPS) is 15.8. The zero-order valence-electron chi connectivity index (χ0n) is 14.4. The molecule has 1 saturated heterocycles. The number of benzene rings is 2. The van der Waals surface area contributed by atoms with Crippen LogP contribution in [0.5, 0.6) is 0 Å². The highest BCUT2D eigenvalue weighted by atomic mass is 35.5. The van der Waals surface area contributed by atoms with Gasteiger partial charge in [0.05, 0.1) is 0 Å². The topological polar surface area (TPSA) is 32.3 Å². The van der Waals surface area contributed by atoms with Gasteiger partial charge < -0.3 is 5.32 Å². The Balaban J connectivity index is 1.47. The lowest BCUT2D eigenvalue weighted by atomic mass is 9.95. The van der Waals surface area contributed by atoms with Crippen LogP contribution in [0.1, 0.15) is 24.0 Å². The number of halogens is 3. The van der Waals surface area contributed by atoms with Crippen LogP contribution >= 0.6 is 11.6 Å². The van der Waals surface area contributed by atoms with Gasteiger partial charge in [0.2, 0.25) is 5.91 Å². The molecule has 0 spiro atoms. The van der Waals surface area contributed by atoms with E-state index < -0.39 is 0 Å². The van der Waals surface area contributed by atoms with Gasteiger partial charge in [-0.25, -0.2) is 8.78 Å². The quantitative estimate of drug-likeness (QED) is 0.847. The van der Waals surface area contributed by atoms with Crippen LogP contribution in [0.15, 0.2) is 42.5 Å². The summed E-state index contributed by atoms with van der Waals surface area (Å²) in [7, 11) is 0. The third-order valence-electron chi connectivity index (χ3n) is 4.78. The first-order valence-corrected chi connectivity index (χ1v) is 9.08. The maximum Gasteiger partial charge on any atom is 0.223 e. The predicted molar refractivity (Wildman–Crippen MR) is 97.7 cm³/mol. The molecule has 1 amide bonds. The summed E-state index contributed by atoms with van der Waals surface area (Å²) in [4.78, 5) is 14.4. The number of nitrogens with zero attached hydrogens (tertiary/aromatic N) is 1. The standard InChI is InChI=1S/C20H21ClF2N2O/c21-18-2-1-3-19(23)17(18)13-25-10-8-15(9-11-25)20(26)24-12-14-4-6-16(22)7-5-14/h1-7,15H,8-13H2,(H,24,26). The number of likely N-dealkylation sites (tertiary alicyclic amines) is 1. The average Bonchev–Trinajstić information content (AvgIpc) is 2.65. The molecule has 1 aliphatic heterocycles. The molecule has 1 heterocycles. The van der Waals surface area contributed by atoms with E-state index >= 15 is 0 Å². The van der Waals surface area contributed by atoms with Crippen LogP contribution in [0.4, 0.5) is 8.78 Å². The highest BCUT2D eigenvalue weighted by Gasteiger charge is 2.25. The lowest BCUT2D eigenvalue weighted by Crippen LogP contribution is -2.40. The van der Waals surface area contributed by atoms with E-state index in [9.17, 15) is 13.6 Å². The molecule has 1 fully saturated rings. The van der Waals surface area contributed by atoms with Gasteiger partial charge in [-0.3, -0.25) is 9.69 Å². The van der Waals surface area contributed by atoms with Gasteiger partial charge in [-0.15, -0.1) is 0 Å². The van der Waals surface area contributed by atoms with Crippen molar-refractivity contribution in [2.75, 3.05) is 13.1 Å². The molecular formula is C20H21ClF2N2O. The fraction of sp³-hybridized carbons (Fsp3) is 0.350. The molecule has 0 radical (unpaired) electrons. The molecule has 0 unspecified atom stereocenters. The summed E-state index contributed by atoms with van der Waals surface area (Å²) in [5.74, 6) is -0.625. The molecule has 0 aromatic heterocycles. The molecule has 1 N–H and O–H groups in total. The maximum atomic E-state index is 13.9. The maximum absolute atomic E-state index is 13.9. The van der Waals surface area contributed by atoms with Gasteiger partial charge in [0, 0.05) is 29.6 Å². The van der Waals surface area contributed by atoms with Crippen molar-refractivity contribution in [1.82, 2.24) is 10.2 Å². The van der Waals surface area contributed by atoms with E-state index in [-0.39, 0.29) is 23.5 Å². The van der Waals surface area contributed by atoms with Crippen LogP contribution in [-0.2, 0) is 17.9 Å². The highest BCUT2D eigenvalue weighted by molar-refractivity contribution is 6.31. The Morgan fingerprint density at radius 1 is 1.12 bits per heavy atom. The van der Waals surface area contributed by atoms with Crippen LogP contribution in [0.3, 0.4) is 0 Å². The fourth-order valence-electron chi connectivity index (χ4n) is 3.20. The summed E-state index contributed by atoms with van der Waals surface area (Å²) in [5.41, 5.74) is 1.37. The molecule has 138 valence electrons. The smallest absolute Gasteiger partial charge is 0.223 e. The Labute approximate surface area is 157 Å². The lowest BCUT2D eigenvalue weighted by Gasteiger charge is -2.31. The van der Waals surface area contributed by atoms with Crippen molar-refractivity contribution in [3.8, 4) is 0 Å². The minimum atomic E-state index is -0.295. The van der Waals surface area contributed by atoms with E-state index in [1.54, 1.807) is 24.3 Å². The molecular weight excluding hydrogens is 358 g/mol. The molecule has 0 bridgehead atoms. The van der Waals surface area contributed by atoms with Gasteiger partial charge in [-0.05, 0) is 55.8 Å². The van der Waals surface area contributed by atoms with Crippen molar-refractivity contribution < 1.29 is 13.6 Å². The third-order valence-corrected chi connectivity index (χ3v) is 5.14. The molecule has 6 heteroatoms. The molecule has 26 heavy (non-hydrogen) atoms. The number of hydrogen-bond donors (Lipinski definition) is 1. The van der Waals surface area contributed by atoms with E-state index in [1.165, 1.54) is 18.2 Å². The lowest BCUT2D eigenvalue weighted by molar-refractivity contribution is -0.126. The van der Waals surface area contributed by atoms with Gasteiger partial charge in [0.1, 0.15) is 11.6 Å². The first-order valence-electron chi connectivity index (χ1n) is 8.70. The van der Waals surface area contributed by atoms with E-state index in [2.05, 4.69) is 10.2 Å². The van der Waals surface area contributed by atoms with Gasteiger partial charge in [0.25, 0.3) is 0 Å². The Bertz CT molecular complexity index is 739. The second kappa shape index (κ2) is 8.60. The second-order valence-electron chi connectivity index (χ2n) is 6.59. The number of carbonyl (C=O) groups is 1. The zero-order valence-corrected chi connectivity index (χ0v) is 15.1. The molecule has 3 nitrogen and oxygen atoms in total. The van der Waals surface area contributed by atoms with Gasteiger partial charge in [-0.2, -0.15) is 0 Å².